The third-order valence-corrected chi connectivity index (χ3v) is 4.49. The first kappa shape index (κ1) is 14.3. The molecule has 4 heterocycles. The molecule has 2 aliphatic rings. The van der Waals surface area contributed by atoms with E-state index in [4.69, 9.17) is 4.52 Å². The van der Waals surface area contributed by atoms with E-state index in [0.29, 0.717) is 6.04 Å². The van der Waals surface area contributed by atoms with Gasteiger partial charge < -0.3 is 9.42 Å². The second-order valence-corrected chi connectivity index (χ2v) is 6.31. The lowest BCUT2D eigenvalue weighted by atomic mass is 10.1. The molecule has 0 bridgehead atoms. The molecule has 0 aliphatic carbocycles. The molecule has 0 atom stereocenters. The minimum Gasteiger partial charge on any atom is -0.361 e. The summed E-state index contributed by atoms with van der Waals surface area (Å²) in [5.41, 5.74) is 1.85. The zero-order valence-electron chi connectivity index (χ0n) is 13.3. The Hall–Kier alpha value is -2.35. The van der Waals surface area contributed by atoms with Crippen LogP contribution in [0.2, 0.25) is 0 Å². The van der Waals surface area contributed by atoms with Gasteiger partial charge in [-0.1, -0.05) is 5.16 Å². The fraction of sp³-hybridized carbons (Fsp3) is 0.533. The Balaban J connectivity index is 1.35. The number of aryl methyl sites for hydroxylation is 1. The normalized spacial score (nSPS) is 19.7. The van der Waals surface area contributed by atoms with Crippen molar-refractivity contribution in [3.63, 3.8) is 0 Å². The molecule has 0 radical (unpaired) electrons. The second-order valence-electron chi connectivity index (χ2n) is 6.31. The highest BCUT2D eigenvalue weighted by Gasteiger charge is 2.31. The molecule has 8 nitrogen and oxygen atoms in total. The van der Waals surface area contributed by atoms with Crippen LogP contribution in [0, 0.1) is 6.92 Å². The molecule has 8 heteroatoms. The molecule has 122 valence electrons. The molecule has 2 aromatic heterocycles. The number of carbonyl (C=O) groups is 1. The first-order valence-corrected chi connectivity index (χ1v) is 7.81. The van der Waals surface area contributed by atoms with Gasteiger partial charge in [-0.05, 0) is 6.92 Å². The van der Waals surface area contributed by atoms with Crippen molar-refractivity contribution in [1.82, 2.24) is 24.7 Å². The zero-order valence-corrected chi connectivity index (χ0v) is 13.3. The number of likely N-dealkylation sites (N-methyl/N-ethyl adjacent to an activating group) is 1. The van der Waals surface area contributed by atoms with Gasteiger partial charge in [0.1, 0.15) is 5.76 Å². The van der Waals surface area contributed by atoms with Crippen molar-refractivity contribution in [2.24, 2.45) is 0 Å². The highest BCUT2D eigenvalue weighted by molar-refractivity contribution is 5.93. The van der Waals surface area contributed by atoms with E-state index in [-0.39, 0.29) is 6.03 Å². The summed E-state index contributed by atoms with van der Waals surface area (Å²) >= 11 is 0. The molecule has 2 saturated heterocycles. The number of amides is 2. The highest BCUT2D eigenvalue weighted by atomic mass is 16.5. The summed E-state index contributed by atoms with van der Waals surface area (Å²) in [5.74, 6) is 0.842. The fourth-order valence-electron chi connectivity index (χ4n) is 3.11. The smallest absolute Gasteiger partial charge is 0.324 e. The van der Waals surface area contributed by atoms with E-state index in [0.717, 1.165) is 49.9 Å². The maximum atomic E-state index is 12.0. The van der Waals surface area contributed by atoms with Gasteiger partial charge in [-0.15, -0.1) is 0 Å². The Morgan fingerprint density at radius 2 is 2.17 bits per heavy atom. The van der Waals surface area contributed by atoms with Crippen LogP contribution in [0.1, 0.15) is 17.5 Å². The van der Waals surface area contributed by atoms with Gasteiger partial charge >= 0.3 is 6.03 Å². The summed E-state index contributed by atoms with van der Waals surface area (Å²) in [6.45, 7) is 6.05. The van der Waals surface area contributed by atoms with Crippen molar-refractivity contribution in [3.05, 3.63) is 29.9 Å². The standard InChI is InChI=1S/C15H20N6O2/c1-11-5-12(17-23-11)7-19-8-14(9-19)21-10-13(6-16-21)20-4-3-18(2)15(20)22/h5-6,10,14H,3-4,7-9H2,1-2H3. The van der Waals surface area contributed by atoms with Crippen LogP contribution in [0.5, 0.6) is 0 Å². The summed E-state index contributed by atoms with van der Waals surface area (Å²) in [6, 6.07) is 2.36. The minimum absolute atomic E-state index is 0.0428. The van der Waals surface area contributed by atoms with Crippen LogP contribution in [0.4, 0.5) is 10.5 Å². The molecular weight excluding hydrogens is 296 g/mol. The molecule has 2 amide bonds. The topological polar surface area (TPSA) is 70.6 Å². The van der Waals surface area contributed by atoms with Crippen LogP contribution < -0.4 is 4.90 Å². The van der Waals surface area contributed by atoms with Gasteiger partial charge in [0.25, 0.3) is 0 Å². The molecule has 0 N–H and O–H groups in total. The molecule has 4 rings (SSSR count). The van der Waals surface area contributed by atoms with Crippen LogP contribution in [0.3, 0.4) is 0 Å². The molecule has 2 aliphatic heterocycles. The Morgan fingerprint density at radius 1 is 1.35 bits per heavy atom. The van der Waals surface area contributed by atoms with E-state index >= 15 is 0 Å². The van der Waals surface area contributed by atoms with Crippen molar-refractivity contribution in [2.75, 3.05) is 38.1 Å². The fourth-order valence-corrected chi connectivity index (χ4v) is 3.11. The number of aromatic nitrogens is 3. The third kappa shape index (κ3) is 2.59. The number of anilines is 1. The first-order chi connectivity index (χ1) is 11.1. The average molecular weight is 316 g/mol. The van der Waals surface area contributed by atoms with Gasteiger partial charge in [0.2, 0.25) is 0 Å². The van der Waals surface area contributed by atoms with E-state index in [9.17, 15) is 4.79 Å². The summed E-state index contributed by atoms with van der Waals surface area (Å²) < 4.78 is 7.05. The summed E-state index contributed by atoms with van der Waals surface area (Å²) in [6.07, 6.45) is 3.75. The van der Waals surface area contributed by atoms with E-state index in [1.54, 1.807) is 16.0 Å². The maximum absolute atomic E-state index is 12.0. The maximum Gasteiger partial charge on any atom is 0.324 e. The third-order valence-electron chi connectivity index (χ3n) is 4.49. The molecule has 23 heavy (non-hydrogen) atoms. The Kier molecular flexibility index (Phi) is 3.33. The number of rotatable bonds is 4. The number of urea groups is 1. The predicted molar refractivity (Wildman–Crippen MR) is 83.2 cm³/mol. The molecular formula is C15H20N6O2. The lowest BCUT2D eigenvalue weighted by Gasteiger charge is -2.38. The molecule has 0 spiro atoms. The SMILES string of the molecule is Cc1cc(CN2CC(n3cc(N4CCN(C)C4=O)cn3)C2)no1. The largest absolute Gasteiger partial charge is 0.361 e. The quantitative estimate of drug-likeness (QED) is 0.845. The second kappa shape index (κ2) is 5.38. The van der Waals surface area contributed by atoms with Gasteiger partial charge in [-0.25, -0.2) is 4.79 Å². The summed E-state index contributed by atoms with van der Waals surface area (Å²) in [4.78, 5) is 17.8. The van der Waals surface area contributed by atoms with Crippen LogP contribution >= 0.6 is 0 Å². The van der Waals surface area contributed by atoms with Crippen LogP contribution in [-0.4, -0.2) is 64.0 Å². The minimum atomic E-state index is 0.0428. The molecule has 0 unspecified atom stereocenters. The predicted octanol–water partition coefficient (Wildman–Crippen LogP) is 1.11. The van der Waals surface area contributed by atoms with Gasteiger partial charge in [0.15, 0.2) is 0 Å². The Morgan fingerprint density at radius 3 is 2.83 bits per heavy atom. The number of carbonyl (C=O) groups excluding carboxylic acids is 1. The lowest BCUT2D eigenvalue weighted by molar-refractivity contribution is 0.0884. The van der Waals surface area contributed by atoms with Gasteiger partial charge in [-0.3, -0.25) is 14.5 Å². The average Bonchev–Trinajstić information content (AvgIpc) is 3.17. The number of likely N-dealkylation sites (tertiary alicyclic amines) is 1. The van der Waals surface area contributed by atoms with E-state index in [2.05, 4.69) is 15.2 Å². The van der Waals surface area contributed by atoms with Crippen molar-refractivity contribution >= 4 is 11.7 Å². The molecule has 0 aromatic carbocycles. The van der Waals surface area contributed by atoms with Crippen molar-refractivity contribution in [2.45, 2.75) is 19.5 Å². The van der Waals surface area contributed by atoms with Gasteiger partial charge in [0, 0.05) is 52.0 Å². The molecule has 0 saturated carbocycles. The van der Waals surface area contributed by atoms with Crippen molar-refractivity contribution < 1.29 is 9.32 Å². The van der Waals surface area contributed by atoms with E-state index < -0.39 is 0 Å². The molecule has 2 fully saturated rings. The number of hydrogen-bond acceptors (Lipinski definition) is 5. The van der Waals surface area contributed by atoms with Crippen molar-refractivity contribution in [3.8, 4) is 0 Å². The monoisotopic (exact) mass is 316 g/mol. The number of hydrogen-bond donors (Lipinski definition) is 0. The van der Waals surface area contributed by atoms with E-state index in [1.165, 1.54) is 0 Å². The molecule has 2 aromatic rings. The first-order valence-electron chi connectivity index (χ1n) is 7.81. The van der Waals surface area contributed by atoms with Crippen LogP contribution in [-0.2, 0) is 6.54 Å². The van der Waals surface area contributed by atoms with Gasteiger partial charge in [-0.2, -0.15) is 5.10 Å². The number of nitrogens with zero attached hydrogens (tertiary/aromatic N) is 6. The summed E-state index contributed by atoms with van der Waals surface area (Å²) in [5, 5.41) is 8.45. The van der Waals surface area contributed by atoms with Crippen molar-refractivity contribution in [1.29, 1.82) is 0 Å². The zero-order chi connectivity index (χ0) is 16.0. The van der Waals surface area contributed by atoms with E-state index in [1.807, 2.05) is 30.9 Å². The Bertz CT molecular complexity index is 717. The Labute approximate surface area is 134 Å². The van der Waals surface area contributed by atoms with Gasteiger partial charge in [0.05, 0.1) is 23.6 Å². The summed E-state index contributed by atoms with van der Waals surface area (Å²) in [7, 11) is 1.82. The van der Waals surface area contributed by atoms with Crippen LogP contribution in [0.15, 0.2) is 23.0 Å². The lowest BCUT2D eigenvalue weighted by Crippen LogP contribution is -2.47. The van der Waals surface area contributed by atoms with Crippen LogP contribution in [0.25, 0.3) is 0 Å². The highest BCUT2D eigenvalue weighted by Crippen LogP contribution is 2.26.